The molecule has 0 aliphatic rings. The molecule has 6 heteroatoms. The van der Waals surface area contributed by atoms with E-state index in [9.17, 15) is 15.0 Å². The van der Waals surface area contributed by atoms with E-state index >= 15 is 0 Å². The van der Waals surface area contributed by atoms with Crippen LogP contribution in [0.3, 0.4) is 0 Å². The number of nitrogens with zero attached hydrogens (tertiary/aromatic N) is 1. The molecule has 0 saturated carbocycles. The lowest BCUT2D eigenvalue weighted by atomic mass is 10.0. The third kappa shape index (κ3) is 16.9. The lowest BCUT2D eigenvalue weighted by molar-refractivity contribution is -0.271. The van der Waals surface area contributed by atoms with E-state index in [1.807, 2.05) is 38.1 Å². The maximum Gasteiger partial charge on any atom is 0.137 e. The van der Waals surface area contributed by atoms with E-state index < -0.39 is 11.7 Å². The second kappa shape index (κ2) is 22.1. The number of unbranched alkanes of at least 4 members (excludes halogenated alkanes) is 14. The van der Waals surface area contributed by atoms with Crippen LogP contribution < -0.4 is 5.11 Å². The molecule has 0 heterocycles. The zero-order chi connectivity index (χ0) is 28.8. The van der Waals surface area contributed by atoms with Gasteiger partial charge in [-0.1, -0.05) is 128 Å². The average Bonchev–Trinajstić information content (AvgIpc) is 2.94. The molecule has 0 aliphatic carbocycles. The van der Waals surface area contributed by atoms with Crippen molar-refractivity contribution in [3.63, 3.8) is 0 Å². The Morgan fingerprint density at radius 2 is 1.33 bits per heavy atom. The van der Waals surface area contributed by atoms with Gasteiger partial charge < -0.3 is 29.4 Å². The van der Waals surface area contributed by atoms with Crippen molar-refractivity contribution in [2.24, 2.45) is 0 Å². The van der Waals surface area contributed by atoms with Crippen LogP contribution in [0.4, 0.5) is 4.79 Å². The Morgan fingerprint density at radius 3 is 1.77 bits per heavy atom. The first-order chi connectivity index (χ1) is 18.8. The van der Waals surface area contributed by atoms with Crippen molar-refractivity contribution in [3.8, 4) is 0 Å². The van der Waals surface area contributed by atoms with Gasteiger partial charge in [0.05, 0.1) is 26.4 Å². The molecule has 0 radical (unpaired) electrons. The number of aliphatic hydroxyl groups is 1. The molecule has 1 aromatic rings. The molecule has 226 valence electrons. The summed E-state index contributed by atoms with van der Waals surface area (Å²) in [6, 6.07) is 7.44. The van der Waals surface area contributed by atoms with Gasteiger partial charge in [0, 0.05) is 13.2 Å². The van der Waals surface area contributed by atoms with Gasteiger partial charge in [-0.05, 0) is 31.4 Å². The number of hydrogen-bond acceptors (Lipinski definition) is 5. The van der Waals surface area contributed by atoms with Gasteiger partial charge in [-0.25, -0.2) is 0 Å². The SMILES string of the molecule is CCCCCCCCCCCCCCCCCC(C)N(CC(C)(COCc1ccc(CO)cc1)OC)C(=O)[O-]. The molecular formula is C33H58NO5-. The molecule has 1 rings (SSSR count). The summed E-state index contributed by atoms with van der Waals surface area (Å²) in [5, 5.41) is 21.1. The maximum absolute atomic E-state index is 11.9. The predicted octanol–water partition coefficient (Wildman–Crippen LogP) is 7.40. The van der Waals surface area contributed by atoms with Gasteiger partial charge in [0.25, 0.3) is 0 Å². The molecule has 2 atom stereocenters. The molecule has 1 amide bonds. The van der Waals surface area contributed by atoms with E-state index in [-0.39, 0.29) is 25.8 Å². The van der Waals surface area contributed by atoms with Crippen LogP contribution >= 0.6 is 0 Å². The van der Waals surface area contributed by atoms with Crippen molar-refractivity contribution in [1.82, 2.24) is 4.90 Å². The molecule has 2 unspecified atom stereocenters. The van der Waals surface area contributed by atoms with Crippen molar-refractivity contribution >= 4 is 6.09 Å². The second-order valence-corrected chi connectivity index (χ2v) is 11.6. The Labute approximate surface area is 239 Å². The number of carbonyl (C=O) groups is 1. The molecule has 0 aliphatic heterocycles. The summed E-state index contributed by atoms with van der Waals surface area (Å²) in [7, 11) is 1.59. The van der Waals surface area contributed by atoms with E-state index in [2.05, 4.69) is 6.92 Å². The molecule has 0 spiro atoms. The molecule has 39 heavy (non-hydrogen) atoms. The number of methoxy groups -OCH3 is 1. The van der Waals surface area contributed by atoms with Crippen molar-refractivity contribution in [3.05, 3.63) is 35.4 Å². The number of amides is 1. The summed E-state index contributed by atoms with van der Waals surface area (Å²) in [6.07, 6.45) is 19.5. The van der Waals surface area contributed by atoms with Crippen molar-refractivity contribution in [1.29, 1.82) is 0 Å². The van der Waals surface area contributed by atoms with E-state index in [1.54, 1.807) is 7.11 Å². The van der Waals surface area contributed by atoms with E-state index in [4.69, 9.17) is 9.47 Å². The van der Waals surface area contributed by atoms with Crippen molar-refractivity contribution < 1.29 is 24.5 Å². The van der Waals surface area contributed by atoms with Crippen LogP contribution in [0.25, 0.3) is 0 Å². The minimum absolute atomic E-state index is 0.0134. The zero-order valence-corrected chi connectivity index (χ0v) is 25.6. The highest BCUT2D eigenvalue weighted by Gasteiger charge is 2.29. The van der Waals surface area contributed by atoms with Gasteiger partial charge >= 0.3 is 0 Å². The lowest BCUT2D eigenvalue weighted by Crippen LogP contribution is -2.54. The number of hydrogen-bond donors (Lipinski definition) is 1. The fraction of sp³-hybridized carbons (Fsp3) is 0.788. The van der Waals surface area contributed by atoms with Crippen LogP contribution in [0.2, 0.25) is 0 Å². The highest BCUT2D eigenvalue weighted by Crippen LogP contribution is 2.19. The summed E-state index contributed by atoms with van der Waals surface area (Å²) in [4.78, 5) is 13.3. The normalized spacial score (nSPS) is 13.8. The Kier molecular flexibility index (Phi) is 20.1. The summed E-state index contributed by atoms with van der Waals surface area (Å²) in [5.41, 5.74) is 1.08. The highest BCUT2D eigenvalue weighted by molar-refractivity contribution is 5.63. The lowest BCUT2D eigenvalue weighted by Gasteiger charge is -2.39. The Bertz CT molecular complexity index is 725. The largest absolute Gasteiger partial charge is 0.530 e. The third-order valence-electron chi connectivity index (χ3n) is 7.87. The molecule has 1 aromatic carbocycles. The zero-order valence-electron chi connectivity index (χ0n) is 25.6. The standard InChI is InChI=1S/C33H59NO5/c1-5-6-7-8-9-10-11-12-13-14-15-16-17-18-19-20-29(2)34(32(36)37)27-33(3,38-4)28-39-26-31-23-21-30(25-35)22-24-31/h21-24,29,35H,5-20,25-28H2,1-4H3,(H,36,37)/p-1. The topological polar surface area (TPSA) is 82.1 Å². The van der Waals surface area contributed by atoms with Crippen LogP contribution in [0.1, 0.15) is 135 Å². The molecule has 1 N–H and O–H groups in total. The molecule has 6 nitrogen and oxygen atoms in total. The fourth-order valence-electron chi connectivity index (χ4n) is 5.02. The molecular weight excluding hydrogens is 490 g/mol. The Morgan fingerprint density at radius 1 is 0.872 bits per heavy atom. The third-order valence-corrected chi connectivity index (χ3v) is 7.87. The first-order valence-electron chi connectivity index (χ1n) is 15.6. The number of carboxylic acid groups (broad SMARTS) is 1. The van der Waals surface area contributed by atoms with Crippen LogP contribution in [0.15, 0.2) is 24.3 Å². The first-order valence-corrected chi connectivity index (χ1v) is 15.6. The summed E-state index contributed by atoms with van der Waals surface area (Å²) < 4.78 is 11.6. The Balaban J connectivity index is 2.21. The molecule has 0 fully saturated rings. The number of rotatable bonds is 25. The van der Waals surface area contributed by atoms with Crippen LogP contribution in [0, 0.1) is 0 Å². The monoisotopic (exact) mass is 548 g/mol. The Hall–Kier alpha value is -1.63. The quantitative estimate of drug-likeness (QED) is 0.129. The number of ether oxygens (including phenoxy) is 2. The van der Waals surface area contributed by atoms with Gasteiger partial charge in [0.15, 0.2) is 0 Å². The van der Waals surface area contributed by atoms with Gasteiger partial charge in [0.1, 0.15) is 11.7 Å². The molecule has 0 bridgehead atoms. The minimum atomic E-state index is -1.16. The average molecular weight is 549 g/mol. The highest BCUT2D eigenvalue weighted by atomic mass is 16.5. The van der Waals surface area contributed by atoms with Crippen LogP contribution in [0.5, 0.6) is 0 Å². The smallest absolute Gasteiger partial charge is 0.137 e. The summed E-state index contributed by atoms with van der Waals surface area (Å²) >= 11 is 0. The first kappa shape index (κ1) is 35.4. The van der Waals surface area contributed by atoms with Crippen LogP contribution in [-0.2, 0) is 22.7 Å². The number of aliphatic hydroxyl groups excluding tert-OH is 1. The minimum Gasteiger partial charge on any atom is -0.530 e. The second-order valence-electron chi connectivity index (χ2n) is 11.6. The van der Waals surface area contributed by atoms with E-state index in [1.165, 1.54) is 88.4 Å². The fourth-order valence-corrected chi connectivity index (χ4v) is 5.02. The van der Waals surface area contributed by atoms with Gasteiger partial charge in [-0.15, -0.1) is 0 Å². The van der Waals surface area contributed by atoms with Crippen molar-refractivity contribution in [2.45, 2.75) is 148 Å². The van der Waals surface area contributed by atoms with Gasteiger partial charge in [-0.2, -0.15) is 0 Å². The maximum atomic E-state index is 11.9. The molecule has 0 saturated heterocycles. The predicted molar refractivity (Wildman–Crippen MR) is 159 cm³/mol. The van der Waals surface area contributed by atoms with E-state index in [0.717, 1.165) is 30.4 Å². The summed E-state index contributed by atoms with van der Waals surface area (Å²) in [6.45, 7) is 6.98. The van der Waals surface area contributed by atoms with Gasteiger partial charge in [-0.3, -0.25) is 0 Å². The van der Waals surface area contributed by atoms with Crippen molar-refractivity contribution in [2.75, 3.05) is 20.3 Å². The molecule has 0 aromatic heterocycles. The van der Waals surface area contributed by atoms with Gasteiger partial charge in [0.2, 0.25) is 0 Å². The van der Waals surface area contributed by atoms with E-state index in [0.29, 0.717) is 6.61 Å². The summed E-state index contributed by atoms with van der Waals surface area (Å²) in [5.74, 6) is 0. The number of carbonyl (C=O) groups excluding carboxylic acids is 1. The van der Waals surface area contributed by atoms with Crippen LogP contribution in [-0.4, -0.2) is 48.0 Å². The number of benzene rings is 1.